The fourth-order valence-corrected chi connectivity index (χ4v) is 3.25. The average Bonchev–Trinajstić information content (AvgIpc) is 2.74. The standard InChI is InChI=1S/C24H25NO4/c1-28-22-12-13-23(29-2)20(15-22)17-25(16-19-6-4-3-5-7-19)21-10-8-18(9-11-21)14-24(26)27/h3-13,15H,14,16-17H2,1-2H3,(H,26,27). The normalized spacial score (nSPS) is 10.4. The number of rotatable bonds is 9. The first-order chi connectivity index (χ1) is 14.1. The lowest BCUT2D eigenvalue weighted by atomic mass is 10.1. The Kier molecular flexibility index (Phi) is 6.74. The lowest BCUT2D eigenvalue weighted by Crippen LogP contribution is -2.22. The van der Waals surface area contributed by atoms with E-state index in [1.165, 1.54) is 5.56 Å². The van der Waals surface area contributed by atoms with Crippen LogP contribution in [-0.2, 0) is 24.3 Å². The van der Waals surface area contributed by atoms with Gasteiger partial charge in [-0.3, -0.25) is 4.79 Å². The number of hydrogen-bond acceptors (Lipinski definition) is 4. The van der Waals surface area contributed by atoms with Crippen molar-refractivity contribution in [3.63, 3.8) is 0 Å². The number of carbonyl (C=O) groups is 1. The summed E-state index contributed by atoms with van der Waals surface area (Å²) in [5.74, 6) is 0.739. The summed E-state index contributed by atoms with van der Waals surface area (Å²) in [6, 6.07) is 23.7. The van der Waals surface area contributed by atoms with Crippen LogP contribution in [0.5, 0.6) is 11.5 Å². The molecule has 0 aliphatic heterocycles. The molecule has 3 aromatic carbocycles. The van der Waals surface area contributed by atoms with Crippen molar-refractivity contribution < 1.29 is 19.4 Å². The Labute approximate surface area is 171 Å². The third-order valence-electron chi connectivity index (χ3n) is 4.72. The molecule has 0 fully saturated rings. The summed E-state index contributed by atoms with van der Waals surface area (Å²) in [7, 11) is 3.31. The third-order valence-corrected chi connectivity index (χ3v) is 4.72. The Morgan fingerprint density at radius 1 is 0.862 bits per heavy atom. The number of methoxy groups -OCH3 is 2. The van der Waals surface area contributed by atoms with E-state index in [0.717, 1.165) is 28.3 Å². The van der Waals surface area contributed by atoms with Crippen LogP contribution in [0.1, 0.15) is 16.7 Å². The lowest BCUT2D eigenvalue weighted by molar-refractivity contribution is -0.136. The zero-order valence-electron chi connectivity index (χ0n) is 16.7. The fourth-order valence-electron chi connectivity index (χ4n) is 3.25. The van der Waals surface area contributed by atoms with Crippen LogP contribution in [-0.4, -0.2) is 25.3 Å². The van der Waals surface area contributed by atoms with Crippen LogP contribution in [0.25, 0.3) is 0 Å². The summed E-state index contributed by atoms with van der Waals surface area (Å²) in [6.07, 6.45) is 0.0165. The summed E-state index contributed by atoms with van der Waals surface area (Å²) >= 11 is 0. The van der Waals surface area contributed by atoms with Gasteiger partial charge in [0.25, 0.3) is 0 Å². The molecule has 0 saturated carbocycles. The molecular formula is C24H25NO4. The van der Waals surface area contributed by atoms with Gasteiger partial charge in [-0.05, 0) is 41.5 Å². The molecule has 1 N–H and O–H groups in total. The molecular weight excluding hydrogens is 366 g/mol. The highest BCUT2D eigenvalue weighted by Gasteiger charge is 2.13. The third kappa shape index (κ3) is 5.51. The van der Waals surface area contributed by atoms with Gasteiger partial charge in [0.1, 0.15) is 11.5 Å². The molecule has 150 valence electrons. The van der Waals surface area contributed by atoms with Gasteiger partial charge < -0.3 is 19.5 Å². The van der Waals surface area contributed by atoms with E-state index in [4.69, 9.17) is 14.6 Å². The molecule has 0 aromatic heterocycles. The van der Waals surface area contributed by atoms with Gasteiger partial charge in [-0.15, -0.1) is 0 Å². The zero-order valence-corrected chi connectivity index (χ0v) is 16.7. The van der Waals surface area contributed by atoms with Crippen LogP contribution in [0, 0.1) is 0 Å². The van der Waals surface area contributed by atoms with Crippen molar-refractivity contribution in [3.8, 4) is 11.5 Å². The molecule has 3 rings (SSSR count). The number of carboxylic acids is 1. The largest absolute Gasteiger partial charge is 0.497 e. The zero-order chi connectivity index (χ0) is 20.6. The van der Waals surface area contributed by atoms with Crippen molar-refractivity contribution in [1.82, 2.24) is 0 Å². The molecule has 0 aliphatic rings. The number of nitrogens with zero attached hydrogens (tertiary/aromatic N) is 1. The van der Waals surface area contributed by atoms with Crippen LogP contribution in [0.4, 0.5) is 5.69 Å². The minimum atomic E-state index is -0.833. The summed E-state index contributed by atoms with van der Waals surface area (Å²) in [6.45, 7) is 1.33. The first kappa shape index (κ1) is 20.3. The quantitative estimate of drug-likeness (QED) is 0.580. The van der Waals surface area contributed by atoms with Crippen LogP contribution in [0.2, 0.25) is 0 Å². The first-order valence-corrected chi connectivity index (χ1v) is 9.39. The molecule has 0 spiro atoms. The van der Waals surface area contributed by atoms with Crippen LogP contribution < -0.4 is 14.4 Å². The van der Waals surface area contributed by atoms with E-state index in [0.29, 0.717) is 13.1 Å². The summed E-state index contributed by atoms with van der Waals surface area (Å²) in [4.78, 5) is 13.2. The molecule has 5 nitrogen and oxygen atoms in total. The lowest BCUT2D eigenvalue weighted by Gasteiger charge is -2.26. The Bertz CT molecular complexity index is 939. The predicted molar refractivity (Wildman–Crippen MR) is 114 cm³/mol. The van der Waals surface area contributed by atoms with Crippen LogP contribution in [0.3, 0.4) is 0 Å². The maximum atomic E-state index is 11.0. The highest BCUT2D eigenvalue weighted by atomic mass is 16.5. The monoisotopic (exact) mass is 391 g/mol. The Balaban J connectivity index is 1.92. The van der Waals surface area contributed by atoms with Gasteiger partial charge in [0.15, 0.2) is 0 Å². The predicted octanol–water partition coefficient (Wildman–Crippen LogP) is 4.54. The molecule has 0 radical (unpaired) electrons. The molecule has 0 aliphatic carbocycles. The highest BCUT2D eigenvalue weighted by Crippen LogP contribution is 2.28. The topological polar surface area (TPSA) is 59.0 Å². The molecule has 29 heavy (non-hydrogen) atoms. The number of anilines is 1. The van der Waals surface area contributed by atoms with Gasteiger partial charge in [-0.1, -0.05) is 42.5 Å². The molecule has 0 bridgehead atoms. The molecule has 0 heterocycles. The van der Waals surface area contributed by atoms with Gasteiger partial charge in [0.05, 0.1) is 20.6 Å². The highest BCUT2D eigenvalue weighted by molar-refractivity contribution is 5.70. The fraction of sp³-hybridized carbons (Fsp3) is 0.208. The number of carboxylic acid groups (broad SMARTS) is 1. The average molecular weight is 391 g/mol. The van der Waals surface area contributed by atoms with Gasteiger partial charge in [-0.2, -0.15) is 0 Å². The van der Waals surface area contributed by atoms with Gasteiger partial charge >= 0.3 is 5.97 Å². The Hall–Kier alpha value is -3.47. The van der Waals surface area contributed by atoms with Crippen molar-refractivity contribution >= 4 is 11.7 Å². The molecule has 3 aromatic rings. The molecule has 0 unspecified atom stereocenters. The van der Waals surface area contributed by atoms with E-state index < -0.39 is 5.97 Å². The second kappa shape index (κ2) is 9.64. The Morgan fingerprint density at radius 2 is 1.59 bits per heavy atom. The minimum absolute atomic E-state index is 0.0165. The van der Waals surface area contributed by atoms with Crippen molar-refractivity contribution in [3.05, 3.63) is 89.5 Å². The van der Waals surface area contributed by atoms with Crippen LogP contribution >= 0.6 is 0 Å². The smallest absolute Gasteiger partial charge is 0.307 e. The number of ether oxygens (including phenoxy) is 2. The van der Waals surface area contributed by atoms with Gasteiger partial charge in [0, 0.05) is 24.3 Å². The van der Waals surface area contributed by atoms with E-state index in [2.05, 4.69) is 17.0 Å². The number of aliphatic carboxylic acids is 1. The Morgan fingerprint density at radius 3 is 2.21 bits per heavy atom. The van der Waals surface area contributed by atoms with Crippen molar-refractivity contribution in [2.45, 2.75) is 19.5 Å². The van der Waals surface area contributed by atoms with E-state index in [9.17, 15) is 4.79 Å². The summed E-state index contributed by atoms with van der Waals surface area (Å²) in [5, 5.41) is 9.01. The van der Waals surface area contributed by atoms with Crippen LogP contribution in [0.15, 0.2) is 72.8 Å². The molecule has 5 heteroatoms. The van der Waals surface area contributed by atoms with E-state index in [1.54, 1.807) is 14.2 Å². The second-order valence-electron chi connectivity index (χ2n) is 6.76. The molecule has 0 saturated heterocycles. The summed E-state index contributed by atoms with van der Waals surface area (Å²) < 4.78 is 10.9. The SMILES string of the molecule is COc1ccc(OC)c(CN(Cc2ccccc2)c2ccc(CC(=O)O)cc2)c1. The first-order valence-electron chi connectivity index (χ1n) is 9.39. The maximum absolute atomic E-state index is 11.0. The van der Waals surface area contributed by atoms with Gasteiger partial charge in [-0.25, -0.2) is 0 Å². The number of hydrogen-bond donors (Lipinski definition) is 1. The minimum Gasteiger partial charge on any atom is -0.497 e. The van der Waals surface area contributed by atoms with Crippen molar-refractivity contribution in [2.24, 2.45) is 0 Å². The maximum Gasteiger partial charge on any atom is 0.307 e. The van der Waals surface area contributed by atoms with Gasteiger partial charge in [0.2, 0.25) is 0 Å². The molecule has 0 atom stereocenters. The van der Waals surface area contributed by atoms with E-state index in [-0.39, 0.29) is 6.42 Å². The second-order valence-corrected chi connectivity index (χ2v) is 6.76. The van der Waals surface area contributed by atoms with E-state index in [1.807, 2.05) is 60.7 Å². The number of benzene rings is 3. The van der Waals surface area contributed by atoms with E-state index >= 15 is 0 Å². The summed E-state index contributed by atoms with van der Waals surface area (Å²) in [5.41, 5.74) is 3.98. The van der Waals surface area contributed by atoms with Crippen molar-refractivity contribution in [2.75, 3.05) is 19.1 Å². The van der Waals surface area contributed by atoms with Crippen molar-refractivity contribution in [1.29, 1.82) is 0 Å². The molecule has 0 amide bonds.